The Morgan fingerprint density at radius 1 is 1.25 bits per heavy atom. The van der Waals surface area contributed by atoms with E-state index in [2.05, 4.69) is 10.7 Å². The van der Waals surface area contributed by atoms with Crippen molar-refractivity contribution < 1.29 is 9.90 Å². The molecule has 0 heterocycles. The van der Waals surface area contributed by atoms with Crippen molar-refractivity contribution in [1.82, 2.24) is 0 Å². The normalized spacial score (nSPS) is 12.5. The average Bonchev–Trinajstić information content (AvgIpc) is 2.41. The smallest absolute Gasteiger partial charge is 0.328 e. The van der Waals surface area contributed by atoms with Crippen molar-refractivity contribution in [2.75, 3.05) is 13.1 Å². The van der Waals surface area contributed by atoms with Gasteiger partial charge in [-0.3, -0.25) is 10.4 Å². The summed E-state index contributed by atoms with van der Waals surface area (Å²) >= 11 is 0. The molecule has 0 fully saturated rings. The molecule has 0 aromatic rings. The van der Waals surface area contributed by atoms with Crippen molar-refractivity contribution in [3.63, 3.8) is 0 Å². The lowest BCUT2D eigenvalue weighted by Gasteiger charge is -2.04. The molecule has 0 spiro atoms. The molecule has 0 rings (SSSR count). The quantitative estimate of drug-likeness (QED) is 0.233. The molecule has 0 aliphatic carbocycles. The number of aliphatic carboxylic acids is 1. The lowest BCUT2D eigenvalue weighted by atomic mass is 10.1. The molecule has 0 saturated heterocycles. The monoisotopic (exact) mass is 283 g/mol. The predicted octanol–water partition coefficient (Wildman–Crippen LogP) is 0.263. The fraction of sp³-hybridized carbons (Fsp3) is 0.462. The molecular formula is C13H25N5O2. The molecule has 0 aliphatic rings. The largest absolute Gasteiger partial charge is 0.480 e. The van der Waals surface area contributed by atoms with Crippen LogP contribution in [0.2, 0.25) is 0 Å². The third-order valence-corrected chi connectivity index (χ3v) is 2.01. The molecule has 0 aromatic heterocycles. The molecule has 1 unspecified atom stereocenters. The Balaban J connectivity index is 0. The second-order valence-electron chi connectivity index (χ2n) is 3.64. The summed E-state index contributed by atoms with van der Waals surface area (Å²) < 4.78 is 0. The van der Waals surface area contributed by atoms with Gasteiger partial charge >= 0.3 is 5.97 Å². The van der Waals surface area contributed by atoms with E-state index in [9.17, 15) is 4.79 Å². The number of hydrogen-bond donors (Lipinski definition) is 5. The van der Waals surface area contributed by atoms with Crippen LogP contribution >= 0.6 is 0 Å². The van der Waals surface area contributed by atoms with E-state index in [1.807, 2.05) is 12.2 Å². The topological polar surface area (TPSA) is 152 Å². The Hall–Kier alpha value is -1.99. The molecule has 7 heteroatoms. The molecule has 0 aromatic carbocycles. The van der Waals surface area contributed by atoms with Crippen LogP contribution in [0, 0.1) is 5.41 Å². The number of nitrogens with zero attached hydrogens (tertiary/aromatic N) is 1. The molecule has 0 bridgehead atoms. The molecule has 0 saturated carbocycles. The third-order valence-electron chi connectivity index (χ3n) is 2.01. The number of rotatable bonds is 9. The van der Waals surface area contributed by atoms with Crippen molar-refractivity contribution in [2.24, 2.45) is 22.2 Å². The van der Waals surface area contributed by atoms with Crippen LogP contribution in [0.5, 0.6) is 0 Å². The van der Waals surface area contributed by atoms with Crippen LogP contribution in [0.1, 0.15) is 19.3 Å². The van der Waals surface area contributed by atoms with Gasteiger partial charge in [-0.05, 0) is 38.4 Å². The highest BCUT2D eigenvalue weighted by Gasteiger charge is 2.13. The van der Waals surface area contributed by atoms with Crippen molar-refractivity contribution in [2.45, 2.75) is 25.3 Å². The maximum atomic E-state index is 10.8. The number of carbonyl (C=O) groups is 1. The second kappa shape index (κ2) is 17.0. The van der Waals surface area contributed by atoms with E-state index in [4.69, 9.17) is 22.0 Å². The number of allylic oxidation sites excluding steroid dienone is 3. The minimum absolute atomic E-state index is 0.471. The fourth-order valence-corrected chi connectivity index (χ4v) is 1.11. The number of nitrogens with one attached hydrogen (secondary N) is 1. The van der Waals surface area contributed by atoms with Crippen LogP contribution in [0.3, 0.4) is 0 Å². The zero-order valence-corrected chi connectivity index (χ0v) is 11.6. The Morgan fingerprint density at radius 2 is 1.90 bits per heavy atom. The first-order chi connectivity index (χ1) is 9.63. The number of hydrogen-bond acceptors (Lipinski definition) is 5. The summed E-state index contributed by atoms with van der Waals surface area (Å²) in [5.41, 5.74) is 15.0. The molecule has 1 atom stereocenters. The minimum Gasteiger partial charge on any atom is -0.480 e. The van der Waals surface area contributed by atoms with Crippen LogP contribution in [0.15, 0.2) is 29.3 Å². The number of aliphatic imine (C=N–C) groups is 1. The Labute approximate surface area is 119 Å². The molecule has 7 nitrogen and oxygen atoms in total. The van der Waals surface area contributed by atoms with Gasteiger partial charge < -0.3 is 22.3 Å². The average molecular weight is 283 g/mol. The van der Waals surface area contributed by atoms with Crippen LogP contribution < -0.4 is 17.2 Å². The van der Waals surface area contributed by atoms with Crippen LogP contribution in [-0.2, 0) is 4.79 Å². The van der Waals surface area contributed by atoms with Gasteiger partial charge in [0.2, 0.25) is 0 Å². The lowest BCUT2D eigenvalue weighted by molar-refractivity contribution is -0.138. The van der Waals surface area contributed by atoms with Crippen molar-refractivity contribution >= 4 is 18.5 Å². The number of carboxylic acid groups (broad SMARTS) is 1. The summed E-state index contributed by atoms with van der Waals surface area (Å²) in [4.78, 5) is 14.8. The summed E-state index contributed by atoms with van der Waals surface area (Å²) in [6.45, 7) is 1.11. The van der Waals surface area contributed by atoms with Crippen LogP contribution in [0.25, 0.3) is 0 Å². The zero-order valence-electron chi connectivity index (χ0n) is 11.6. The first-order valence-electron chi connectivity index (χ1n) is 6.32. The SMILES string of the molecule is N=CN.NCC/C=C/C=C/C=NC(CCCN)C(=O)O. The lowest BCUT2D eigenvalue weighted by Crippen LogP contribution is -2.19. The van der Waals surface area contributed by atoms with Crippen molar-refractivity contribution in [1.29, 1.82) is 5.41 Å². The summed E-state index contributed by atoms with van der Waals surface area (Å²) in [5.74, 6) is -0.915. The fourth-order valence-electron chi connectivity index (χ4n) is 1.11. The maximum absolute atomic E-state index is 10.8. The highest BCUT2D eigenvalue weighted by molar-refractivity contribution is 5.79. The van der Waals surface area contributed by atoms with Gasteiger partial charge in [-0.1, -0.05) is 18.2 Å². The summed E-state index contributed by atoms with van der Waals surface area (Å²) in [6, 6.07) is -0.698. The Bertz CT molecular complexity index is 327. The van der Waals surface area contributed by atoms with Gasteiger partial charge in [0, 0.05) is 6.21 Å². The predicted molar refractivity (Wildman–Crippen MR) is 83.1 cm³/mol. The molecule has 0 radical (unpaired) electrons. The highest BCUT2D eigenvalue weighted by atomic mass is 16.4. The molecular weight excluding hydrogens is 258 g/mol. The van der Waals surface area contributed by atoms with Crippen LogP contribution in [-0.4, -0.2) is 42.8 Å². The van der Waals surface area contributed by atoms with Crippen molar-refractivity contribution in [3.8, 4) is 0 Å². The first-order valence-corrected chi connectivity index (χ1v) is 6.32. The van der Waals surface area contributed by atoms with E-state index in [0.717, 1.165) is 12.8 Å². The van der Waals surface area contributed by atoms with Crippen LogP contribution in [0.4, 0.5) is 0 Å². The second-order valence-corrected chi connectivity index (χ2v) is 3.64. The molecule has 8 N–H and O–H groups in total. The summed E-state index contributed by atoms with van der Waals surface area (Å²) in [7, 11) is 0. The van der Waals surface area contributed by atoms with Gasteiger partial charge in [0.1, 0.15) is 6.04 Å². The van der Waals surface area contributed by atoms with E-state index >= 15 is 0 Å². The molecule has 0 aliphatic heterocycles. The van der Waals surface area contributed by atoms with E-state index < -0.39 is 12.0 Å². The van der Waals surface area contributed by atoms with Crippen molar-refractivity contribution in [3.05, 3.63) is 24.3 Å². The van der Waals surface area contributed by atoms with E-state index in [-0.39, 0.29) is 0 Å². The Morgan fingerprint density at radius 3 is 2.40 bits per heavy atom. The number of nitrogens with two attached hydrogens (primary N) is 3. The van der Waals surface area contributed by atoms with Gasteiger partial charge in [0.25, 0.3) is 0 Å². The van der Waals surface area contributed by atoms with Gasteiger partial charge in [-0.2, -0.15) is 0 Å². The van der Waals surface area contributed by atoms with Gasteiger partial charge in [0.05, 0.1) is 6.34 Å². The third kappa shape index (κ3) is 16.0. The Kier molecular flexibility index (Phi) is 17.3. The molecule has 20 heavy (non-hydrogen) atoms. The van der Waals surface area contributed by atoms with E-state index in [1.54, 1.807) is 12.2 Å². The summed E-state index contributed by atoms with van der Waals surface area (Å²) in [6.07, 6.45) is 11.5. The summed E-state index contributed by atoms with van der Waals surface area (Å²) in [5, 5.41) is 14.7. The minimum atomic E-state index is -0.915. The van der Waals surface area contributed by atoms with Gasteiger partial charge in [0.15, 0.2) is 0 Å². The highest BCUT2D eigenvalue weighted by Crippen LogP contribution is 2.00. The first kappa shape index (κ1) is 20.3. The zero-order chi connectivity index (χ0) is 15.6. The molecule has 114 valence electrons. The standard InChI is InChI=1S/C12H21N3O2.CH4N2/c13-8-4-2-1-3-5-10-15-11(12(16)17)7-6-9-14;2-1-3/h1-3,5,10-11H,4,6-9,13-14H2,(H,16,17);1H,(H3,2,3)/b2-1+,5-3+,15-10?;. The van der Waals surface area contributed by atoms with Gasteiger partial charge in [-0.15, -0.1) is 0 Å². The van der Waals surface area contributed by atoms with Gasteiger partial charge in [-0.25, -0.2) is 4.79 Å². The molecule has 0 amide bonds. The van der Waals surface area contributed by atoms with E-state index in [1.165, 1.54) is 6.21 Å². The number of carboxylic acids is 1. The maximum Gasteiger partial charge on any atom is 0.328 e. The van der Waals surface area contributed by atoms with E-state index in [0.29, 0.717) is 25.9 Å².